The van der Waals surface area contributed by atoms with Gasteiger partial charge in [0.2, 0.25) is 0 Å². The summed E-state index contributed by atoms with van der Waals surface area (Å²) in [7, 11) is 1.25. The largest absolute Gasteiger partial charge is 0.464 e. The molecule has 7 nitrogen and oxygen atoms in total. The van der Waals surface area contributed by atoms with E-state index in [0.29, 0.717) is 36.0 Å². The van der Waals surface area contributed by atoms with Crippen molar-refractivity contribution in [2.24, 2.45) is 0 Å². The summed E-state index contributed by atoms with van der Waals surface area (Å²) in [4.78, 5) is 16.3. The average molecular weight is 347 g/mol. The maximum atomic E-state index is 12.6. The molecule has 0 aliphatic carbocycles. The van der Waals surface area contributed by atoms with E-state index in [4.69, 9.17) is 0 Å². The fourth-order valence-corrected chi connectivity index (χ4v) is 3.15. The predicted molar refractivity (Wildman–Crippen MR) is 74.3 cm³/mol. The number of carbonyl (C=O) groups excluding carboxylic acids is 1. The van der Waals surface area contributed by atoms with Crippen molar-refractivity contribution in [3.63, 3.8) is 0 Å². The summed E-state index contributed by atoms with van der Waals surface area (Å²) in [5.74, 6) is -0.583. The number of hydrogen-bond donors (Lipinski definition) is 0. The number of methoxy groups -OCH3 is 1. The van der Waals surface area contributed by atoms with E-state index in [2.05, 4.69) is 20.0 Å². The van der Waals surface area contributed by atoms with E-state index < -0.39 is 17.0 Å². The minimum atomic E-state index is -4.38. The Labute approximate surface area is 132 Å². The molecule has 0 saturated carbocycles. The van der Waals surface area contributed by atoms with Crippen LogP contribution in [-0.2, 0) is 10.9 Å². The number of thiazole rings is 1. The summed E-state index contributed by atoms with van der Waals surface area (Å²) in [6, 6.07) is -0.0841. The van der Waals surface area contributed by atoms with Crippen molar-refractivity contribution in [2.45, 2.75) is 18.6 Å². The average Bonchev–Trinajstić information content (AvgIpc) is 3.21. The molecule has 0 amide bonds. The SMILES string of the molecule is COC(=O)c1cn([C@@H]2CCN(c3ncc(C(F)(F)F)s3)C2)nn1. The number of aromatic nitrogens is 4. The van der Waals surface area contributed by atoms with Crippen LogP contribution in [0.5, 0.6) is 0 Å². The van der Waals surface area contributed by atoms with Crippen molar-refractivity contribution in [3.05, 3.63) is 23.0 Å². The molecule has 2 aromatic heterocycles. The van der Waals surface area contributed by atoms with Gasteiger partial charge < -0.3 is 9.64 Å². The van der Waals surface area contributed by atoms with E-state index >= 15 is 0 Å². The molecule has 0 unspecified atom stereocenters. The van der Waals surface area contributed by atoms with Crippen molar-refractivity contribution >= 4 is 22.4 Å². The Hall–Kier alpha value is -2.17. The maximum Gasteiger partial charge on any atom is 0.427 e. The van der Waals surface area contributed by atoms with Gasteiger partial charge in [-0.1, -0.05) is 16.6 Å². The quantitative estimate of drug-likeness (QED) is 0.791. The minimum absolute atomic E-state index is 0.0841. The Kier molecular flexibility index (Phi) is 3.96. The number of alkyl halides is 3. The van der Waals surface area contributed by atoms with Crippen LogP contribution in [0.1, 0.15) is 27.8 Å². The van der Waals surface area contributed by atoms with Crippen LogP contribution in [0.15, 0.2) is 12.4 Å². The Morgan fingerprint density at radius 1 is 1.48 bits per heavy atom. The number of halogens is 3. The molecule has 0 N–H and O–H groups in total. The maximum absolute atomic E-state index is 12.6. The van der Waals surface area contributed by atoms with Gasteiger partial charge in [-0.2, -0.15) is 13.2 Å². The minimum Gasteiger partial charge on any atom is -0.464 e. The molecule has 11 heteroatoms. The lowest BCUT2D eigenvalue weighted by Gasteiger charge is -2.14. The van der Waals surface area contributed by atoms with Crippen molar-refractivity contribution in [1.29, 1.82) is 0 Å². The van der Waals surface area contributed by atoms with Gasteiger partial charge in [-0.25, -0.2) is 14.5 Å². The van der Waals surface area contributed by atoms with Gasteiger partial charge in [0.15, 0.2) is 10.8 Å². The highest BCUT2D eigenvalue weighted by atomic mass is 32.1. The molecular formula is C12H12F3N5O2S. The summed E-state index contributed by atoms with van der Waals surface area (Å²) >= 11 is 0.618. The first-order valence-electron chi connectivity index (χ1n) is 6.66. The van der Waals surface area contributed by atoms with Crippen LogP contribution in [0, 0.1) is 0 Å². The number of esters is 1. The van der Waals surface area contributed by atoms with E-state index in [0.717, 1.165) is 6.20 Å². The van der Waals surface area contributed by atoms with Crippen LogP contribution in [-0.4, -0.2) is 46.1 Å². The van der Waals surface area contributed by atoms with Crippen LogP contribution in [0.2, 0.25) is 0 Å². The van der Waals surface area contributed by atoms with Gasteiger partial charge in [0.1, 0.15) is 4.88 Å². The van der Waals surface area contributed by atoms with E-state index in [1.54, 1.807) is 4.90 Å². The van der Waals surface area contributed by atoms with Crippen LogP contribution in [0.4, 0.5) is 18.3 Å². The summed E-state index contributed by atoms with van der Waals surface area (Å²) in [5, 5.41) is 7.93. The fourth-order valence-electron chi connectivity index (χ4n) is 2.33. The zero-order chi connectivity index (χ0) is 16.6. The molecule has 3 rings (SSSR count). The van der Waals surface area contributed by atoms with Crippen molar-refractivity contribution in [1.82, 2.24) is 20.0 Å². The van der Waals surface area contributed by atoms with Gasteiger partial charge in [0, 0.05) is 13.1 Å². The molecule has 1 saturated heterocycles. The molecule has 1 aliphatic rings. The zero-order valence-electron chi connectivity index (χ0n) is 11.9. The van der Waals surface area contributed by atoms with Crippen LogP contribution < -0.4 is 4.90 Å². The third-order valence-electron chi connectivity index (χ3n) is 3.49. The number of nitrogens with zero attached hydrogens (tertiary/aromatic N) is 5. The molecule has 3 heterocycles. The molecule has 1 atom stereocenters. The van der Waals surface area contributed by atoms with Gasteiger partial charge in [-0.05, 0) is 6.42 Å². The molecule has 2 aromatic rings. The summed E-state index contributed by atoms with van der Waals surface area (Å²) < 4.78 is 44.0. The van der Waals surface area contributed by atoms with Crippen molar-refractivity contribution < 1.29 is 22.7 Å². The first kappa shape index (κ1) is 15.7. The van der Waals surface area contributed by atoms with Gasteiger partial charge in [0.05, 0.1) is 25.5 Å². The molecule has 0 spiro atoms. The number of rotatable bonds is 3. The van der Waals surface area contributed by atoms with Crippen molar-refractivity contribution in [3.8, 4) is 0 Å². The van der Waals surface area contributed by atoms with Crippen LogP contribution in [0.3, 0.4) is 0 Å². The van der Waals surface area contributed by atoms with Gasteiger partial charge in [-0.15, -0.1) is 5.10 Å². The number of anilines is 1. The monoisotopic (exact) mass is 347 g/mol. The lowest BCUT2D eigenvalue weighted by atomic mass is 10.3. The van der Waals surface area contributed by atoms with Crippen LogP contribution >= 0.6 is 11.3 Å². The molecule has 0 aromatic carbocycles. The molecule has 1 fully saturated rings. The van der Waals surface area contributed by atoms with Gasteiger partial charge in [0.25, 0.3) is 0 Å². The second-order valence-electron chi connectivity index (χ2n) is 4.97. The molecule has 1 aliphatic heterocycles. The molecule has 0 radical (unpaired) electrons. The highest BCUT2D eigenvalue weighted by molar-refractivity contribution is 7.15. The van der Waals surface area contributed by atoms with E-state index in [1.165, 1.54) is 18.0 Å². The van der Waals surface area contributed by atoms with Crippen molar-refractivity contribution in [2.75, 3.05) is 25.1 Å². The summed E-state index contributed by atoms with van der Waals surface area (Å²) in [6.07, 6.45) is -1.39. The molecule has 23 heavy (non-hydrogen) atoms. The van der Waals surface area contributed by atoms with Gasteiger partial charge >= 0.3 is 12.1 Å². The fraction of sp³-hybridized carbons (Fsp3) is 0.500. The third kappa shape index (κ3) is 3.14. The highest BCUT2D eigenvalue weighted by Crippen LogP contribution is 2.37. The summed E-state index contributed by atoms with van der Waals surface area (Å²) in [6.45, 7) is 1.01. The topological polar surface area (TPSA) is 73.1 Å². The Balaban J connectivity index is 1.70. The molecule has 0 bridgehead atoms. The van der Waals surface area contributed by atoms with Gasteiger partial charge in [-0.3, -0.25) is 0 Å². The second-order valence-corrected chi connectivity index (χ2v) is 5.98. The molecule has 124 valence electrons. The number of hydrogen-bond acceptors (Lipinski definition) is 7. The lowest BCUT2D eigenvalue weighted by molar-refractivity contribution is -0.134. The third-order valence-corrected chi connectivity index (χ3v) is 4.59. The van der Waals surface area contributed by atoms with Crippen LogP contribution in [0.25, 0.3) is 0 Å². The first-order valence-corrected chi connectivity index (χ1v) is 7.48. The van der Waals surface area contributed by atoms with E-state index in [1.807, 2.05) is 0 Å². The normalized spacial score (nSPS) is 18.4. The lowest BCUT2D eigenvalue weighted by Crippen LogP contribution is -2.20. The smallest absolute Gasteiger partial charge is 0.427 e. The second kappa shape index (κ2) is 5.80. The zero-order valence-corrected chi connectivity index (χ0v) is 12.8. The first-order chi connectivity index (χ1) is 10.9. The Bertz CT molecular complexity index is 714. The standard InChI is InChI=1S/C12H12F3N5O2S/c1-22-10(21)8-6-20(18-17-8)7-2-3-19(5-7)11-16-4-9(23-11)12(13,14)15/h4,6-7H,2-3,5H2,1H3/t7-/m1/s1. The highest BCUT2D eigenvalue weighted by Gasteiger charge is 2.35. The number of ether oxygens (including phenoxy) is 1. The van der Waals surface area contributed by atoms with E-state index in [9.17, 15) is 18.0 Å². The molecular weight excluding hydrogens is 335 g/mol. The predicted octanol–water partition coefficient (Wildman–Crippen LogP) is 1.99. The summed E-state index contributed by atoms with van der Waals surface area (Å²) in [5.41, 5.74) is 0.0968. The Morgan fingerprint density at radius 3 is 2.91 bits per heavy atom. The Morgan fingerprint density at radius 2 is 2.26 bits per heavy atom. The van der Waals surface area contributed by atoms with E-state index in [-0.39, 0.29) is 11.7 Å². The number of carbonyl (C=O) groups is 1.